The highest BCUT2D eigenvalue weighted by atomic mass is 32.2. The summed E-state index contributed by atoms with van der Waals surface area (Å²) in [6, 6.07) is 7.56. The summed E-state index contributed by atoms with van der Waals surface area (Å²) in [7, 11) is -3.54. The predicted octanol–water partition coefficient (Wildman–Crippen LogP) is 2.64. The predicted molar refractivity (Wildman–Crippen MR) is 69.0 cm³/mol. The maximum atomic E-state index is 13.2. The fourth-order valence-electron chi connectivity index (χ4n) is 2.09. The smallest absolute Gasteiger partial charge is 0.265 e. The summed E-state index contributed by atoms with van der Waals surface area (Å²) in [5.41, 5.74) is 1.33. The molecule has 0 aliphatic carbocycles. The monoisotopic (exact) mass is 283 g/mol. The molecule has 1 aliphatic heterocycles. The van der Waals surface area contributed by atoms with E-state index in [1.54, 1.807) is 23.6 Å². The summed E-state index contributed by atoms with van der Waals surface area (Å²) in [6.07, 6.45) is 0.625. The molecule has 0 amide bonds. The molecule has 0 N–H and O–H groups in total. The standard InChI is InChI=1S/C12H10FNO2S2/c13-10-4-3-9-5-6-14(11(9)8-10)18(15,16)12-2-1-7-17-12/h1-4,7-8H,5-6H2. The van der Waals surface area contributed by atoms with Crippen LogP contribution in [-0.4, -0.2) is 15.0 Å². The molecule has 0 bridgehead atoms. The minimum absolute atomic E-state index is 0.291. The number of halogens is 1. The molecule has 2 aromatic rings. The van der Waals surface area contributed by atoms with Crippen molar-refractivity contribution in [3.8, 4) is 0 Å². The summed E-state index contributed by atoms with van der Waals surface area (Å²) in [5, 5.41) is 1.72. The van der Waals surface area contributed by atoms with Crippen LogP contribution in [0.2, 0.25) is 0 Å². The molecule has 1 aliphatic rings. The Morgan fingerprint density at radius 1 is 1.28 bits per heavy atom. The zero-order valence-electron chi connectivity index (χ0n) is 9.34. The highest BCUT2D eigenvalue weighted by Crippen LogP contribution is 2.34. The van der Waals surface area contributed by atoms with Crippen molar-refractivity contribution in [1.29, 1.82) is 0 Å². The average molecular weight is 283 g/mol. The molecule has 0 atom stereocenters. The van der Waals surface area contributed by atoms with Crippen molar-refractivity contribution in [2.24, 2.45) is 0 Å². The molecule has 0 fully saturated rings. The average Bonchev–Trinajstić information content (AvgIpc) is 2.97. The van der Waals surface area contributed by atoms with Gasteiger partial charge in [-0.2, -0.15) is 0 Å². The molecule has 3 nitrogen and oxygen atoms in total. The van der Waals surface area contributed by atoms with Crippen LogP contribution in [0.3, 0.4) is 0 Å². The third kappa shape index (κ3) is 1.72. The van der Waals surface area contributed by atoms with E-state index in [9.17, 15) is 12.8 Å². The van der Waals surface area contributed by atoms with E-state index in [0.29, 0.717) is 22.9 Å². The van der Waals surface area contributed by atoms with E-state index >= 15 is 0 Å². The zero-order valence-corrected chi connectivity index (χ0v) is 11.0. The lowest BCUT2D eigenvalue weighted by Crippen LogP contribution is -2.28. The first-order valence-electron chi connectivity index (χ1n) is 5.44. The molecule has 0 saturated carbocycles. The Labute approximate surface area is 109 Å². The van der Waals surface area contributed by atoms with Crippen molar-refractivity contribution in [1.82, 2.24) is 0 Å². The van der Waals surface area contributed by atoms with Gasteiger partial charge in [0.15, 0.2) is 0 Å². The van der Waals surface area contributed by atoms with Crippen molar-refractivity contribution in [2.75, 3.05) is 10.8 Å². The fourth-order valence-corrected chi connectivity index (χ4v) is 4.69. The molecular formula is C12H10FNO2S2. The second kappa shape index (κ2) is 4.07. The van der Waals surface area contributed by atoms with Crippen molar-refractivity contribution >= 4 is 27.0 Å². The van der Waals surface area contributed by atoms with Crippen LogP contribution < -0.4 is 4.31 Å². The Bertz CT molecular complexity index is 680. The van der Waals surface area contributed by atoms with Gasteiger partial charge >= 0.3 is 0 Å². The number of sulfonamides is 1. The lowest BCUT2D eigenvalue weighted by atomic mass is 10.2. The summed E-state index contributed by atoms with van der Waals surface area (Å²) in [6.45, 7) is 0.374. The van der Waals surface area contributed by atoms with Gasteiger partial charge in [0.1, 0.15) is 10.0 Å². The number of nitrogens with zero attached hydrogens (tertiary/aromatic N) is 1. The van der Waals surface area contributed by atoms with Gasteiger partial charge in [-0.15, -0.1) is 11.3 Å². The van der Waals surface area contributed by atoms with Gasteiger partial charge in [0, 0.05) is 6.54 Å². The SMILES string of the molecule is O=S(=O)(c1cccs1)N1CCc2ccc(F)cc21. The second-order valence-electron chi connectivity index (χ2n) is 4.03. The van der Waals surface area contributed by atoms with Gasteiger partial charge in [-0.05, 0) is 35.6 Å². The van der Waals surface area contributed by atoms with E-state index in [1.807, 2.05) is 0 Å². The van der Waals surface area contributed by atoms with Crippen LogP contribution in [-0.2, 0) is 16.4 Å². The fraction of sp³-hybridized carbons (Fsp3) is 0.167. The van der Waals surface area contributed by atoms with Gasteiger partial charge in [0.2, 0.25) is 0 Å². The van der Waals surface area contributed by atoms with Crippen LogP contribution in [0, 0.1) is 5.82 Å². The van der Waals surface area contributed by atoms with Gasteiger partial charge < -0.3 is 0 Å². The number of hydrogen-bond acceptors (Lipinski definition) is 3. The number of rotatable bonds is 2. The number of fused-ring (bicyclic) bond motifs is 1. The van der Waals surface area contributed by atoms with Crippen LogP contribution in [0.25, 0.3) is 0 Å². The minimum atomic E-state index is -3.54. The number of hydrogen-bond donors (Lipinski definition) is 0. The van der Waals surface area contributed by atoms with Crippen molar-refractivity contribution in [3.63, 3.8) is 0 Å². The zero-order chi connectivity index (χ0) is 12.8. The van der Waals surface area contributed by atoms with Crippen LogP contribution in [0.4, 0.5) is 10.1 Å². The molecule has 0 unspecified atom stereocenters. The van der Waals surface area contributed by atoms with Gasteiger partial charge in [-0.1, -0.05) is 12.1 Å². The van der Waals surface area contributed by atoms with Gasteiger partial charge in [-0.25, -0.2) is 12.8 Å². The van der Waals surface area contributed by atoms with E-state index in [4.69, 9.17) is 0 Å². The van der Waals surface area contributed by atoms with Crippen molar-refractivity contribution in [2.45, 2.75) is 10.6 Å². The first-order valence-corrected chi connectivity index (χ1v) is 7.76. The highest BCUT2D eigenvalue weighted by Gasteiger charge is 2.31. The normalized spacial score (nSPS) is 14.8. The molecule has 0 spiro atoms. The van der Waals surface area contributed by atoms with Crippen LogP contribution in [0.5, 0.6) is 0 Å². The first kappa shape index (κ1) is 11.7. The van der Waals surface area contributed by atoms with Gasteiger partial charge in [0.05, 0.1) is 5.69 Å². The highest BCUT2D eigenvalue weighted by molar-refractivity contribution is 7.94. The van der Waals surface area contributed by atoms with E-state index in [2.05, 4.69) is 0 Å². The Kier molecular flexibility index (Phi) is 2.64. The van der Waals surface area contributed by atoms with Crippen LogP contribution in [0.15, 0.2) is 39.9 Å². The second-order valence-corrected chi connectivity index (χ2v) is 7.07. The molecule has 1 aromatic heterocycles. The molecule has 2 heterocycles. The Morgan fingerprint density at radius 2 is 2.11 bits per heavy atom. The summed E-state index contributed by atoms with van der Waals surface area (Å²) < 4.78 is 39.6. The molecule has 3 rings (SSSR count). The van der Waals surface area contributed by atoms with E-state index in [1.165, 1.54) is 27.8 Å². The Hall–Kier alpha value is -1.40. The molecule has 94 valence electrons. The summed E-state index contributed by atoms with van der Waals surface area (Å²) in [5.74, 6) is -0.415. The van der Waals surface area contributed by atoms with Gasteiger partial charge in [-0.3, -0.25) is 4.31 Å². The first-order chi connectivity index (χ1) is 8.59. The number of thiophene rings is 1. The van der Waals surface area contributed by atoms with Crippen molar-refractivity contribution < 1.29 is 12.8 Å². The third-order valence-corrected chi connectivity index (χ3v) is 6.13. The lowest BCUT2D eigenvalue weighted by Gasteiger charge is -2.18. The van der Waals surface area contributed by atoms with Gasteiger partial charge in [0.25, 0.3) is 10.0 Å². The molecule has 18 heavy (non-hydrogen) atoms. The summed E-state index contributed by atoms with van der Waals surface area (Å²) in [4.78, 5) is 0. The largest absolute Gasteiger partial charge is 0.273 e. The van der Waals surface area contributed by atoms with E-state index in [-0.39, 0.29) is 0 Å². The van der Waals surface area contributed by atoms with Crippen molar-refractivity contribution in [3.05, 3.63) is 47.1 Å². The maximum absolute atomic E-state index is 13.2. The number of anilines is 1. The topological polar surface area (TPSA) is 37.4 Å². The van der Waals surface area contributed by atoms with E-state index in [0.717, 1.165) is 5.56 Å². The van der Waals surface area contributed by atoms with Crippen LogP contribution >= 0.6 is 11.3 Å². The van der Waals surface area contributed by atoms with Crippen LogP contribution in [0.1, 0.15) is 5.56 Å². The Morgan fingerprint density at radius 3 is 2.83 bits per heavy atom. The number of benzene rings is 1. The maximum Gasteiger partial charge on any atom is 0.273 e. The Balaban J connectivity index is 2.10. The minimum Gasteiger partial charge on any atom is -0.265 e. The quantitative estimate of drug-likeness (QED) is 0.849. The summed E-state index contributed by atoms with van der Waals surface area (Å²) >= 11 is 1.17. The molecular weight excluding hydrogens is 273 g/mol. The molecule has 0 radical (unpaired) electrons. The van der Waals surface area contributed by atoms with E-state index < -0.39 is 15.8 Å². The third-order valence-electron chi connectivity index (χ3n) is 2.94. The molecule has 1 aromatic carbocycles. The molecule has 0 saturated heterocycles. The molecule has 6 heteroatoms. The lowest BCUT2D eigenvalue weighted by molar-refractivity contribution is 0.594.